The van der Waals surface area contributed by atoms with E-state index >= 15 is 0 Å². The Labute approximate surface area is 111 Å². The van der Waals surface area contributed by atoms with Crippen LogP contribution < -0.4 is 5.32 Å². The van der Waals surface area contributed by atoms with Crippen LogP contribution >= 0.6 is 15.9 Å². The average Bonchev–Trinajstić information content (AvgIpc) is 2.85. The number of nitrogens with zero attached hydrogens (tertiary/aromatic N) is 2. The van der Waals surface area contributed by atoms with E-state index in [1.54, 1.807) is 0 Å². The van der Waals surface area contributed by atoms with Crippen molar-refractivity contribution in [3.05, 3.63) is 46.3 Å². The third-order valence-electron chi connectivity index (χ3n) is 2.20. The van der Waals surface area contributed by atoms with Crippen molar-refractivity contribution in [3.8, 4) is 0 Å². The third kappa shape index (κ3) is 3.13. The second-order valence-corrected chi connectivity index (χ2v) is 4.32. The fourth-order valence-electron chi connectivity index (χ4n) is 1.36. The van der Waals surface area contributed by atoms with E-state index in [1.165, 1.54) is 24.5 Å². The summed E-state index contributed by atoms with van der Waals surface area (Å²) >= 11 is 3.19. The van der Waals surface area contributed by atoms with E-state index in [0.717, 1.165) is 0 Å². The van der Waals surface area contributed by atoms with Gasteiger partial charge in [0.1, 0.15) is 5.82 Å². The molecular weight excluding hydrogens is 305 g/mol. The lowest BCUT2D eigenvalue weighted by Crippen LogP contribution is -2.26. The number of amides is 1. The molecule has 1 aromatic heterocycles. The van der Waals surface area contributed by atoms with Crippen LogP contribution in [0.5, 0.6) is 0 Å². The van der Waals surface area contributed by atoms with Gasteiger partial charge in [-0.3, -0.25) is 4.79 Å². The van der Waals surface area contributed by atoms with Crippen LogP contribution in [0, 0.1) is 5.82 Å². The molecule has 0 bridgehead atoms. The second-order valence-electron chi connectivity index (χ2n) is 3.47. The van der Waals surface area contributed by atoms with Crippen molar-refractivity contribution in [1.29, 1.82) is 0 Å². The summed E-state index contributed by atoms with van der Waals surface area (Å²) in [6.07, 6.45) is 1.72. The van der Waals surface area contributed by atoms with Gasteiger partial charge < -0.3 is 9.84 Å². The largest absolute Gasteiger partial charge is 0.351 e. The Morgan fingerprint density at radius 3 is 3.06 bits per heavy atom. The van der Waals surface area contributed by atoms with E-state index in [4.69, 9.17) is 4.52 Å². The maximum Gasteiger partial charge on any atom is 0.252 e. The molecule has 1 heterocycles. The Morgan fingerprint density at radius 1 is 1.50 bits per heavy atom. The van der Waals surface area contributed by atoms with Gasteiger partial charge in [-0.15, -0.1) is 0 Å². The fraction of sp³-hybridized carbons (Fsp3) is 0.182. The topological polar surface area (TPSA) is 68.0 Å². The minimum Gasteiger partial charge on any atom is -0.351 e. The summed E-state index contributed by atoms with van der Waals surface area (Å²) in [6.45, 7) is 0.337. The van der Waals surface area contributed by atoms with Gasteiger partial charge in [-0.05, 0) is 34.1 Å². The molecule has 5 nitrogen and oxygen atoms in total. The first-order valence-corrected chi connectivity index (χ1v) is 5.95. The molecule has 0 aliphatic heterocycles. The molecule has 1 amide bonds. The lowest BCUT2D eigenvalue weighted by molar-refractivity contribution is 0.0952. The van der Waals surface area contributed by atoms with Gasteiger partial charge in [-0.1, -0.05) is 5.16 Å². The van der Waals surface area contributed by atoms with Crippen LogP contribution in [0.1, 0.15) is 16.2 Å². The van der Waals surface area contributed by atoms with E-state index in [9.17, 15) is 9.18 Å². The van der Waals surface area contributed by atoms with E-state index in [-0.39, 0.29) is 11.5 Å². The molecule has 0 atom stereocenters. The minimum absolute atomic E-state index is 0.250. The minimum atomic E-state index is -0.458. The summed E-state index contributed by atoms with van der Waals surface area (Å²) in [6, 6.07) is 3.94. The second kappa shape index (κ2) is 5.72. The van der Waals surface area contributed by atoms with Crippen LogP contribution in [0.4, 0.5) is 4.39 Å². The predicted molar refractivity (Wildman–Crippen MR) is 64.4 cm³/mol. The van der Waals surface area contributed by atoms with Crippen LogP contribution in [0.15, 0.2) is 33.5 Å². The first-order chi connectivity index (χ1) is 8.66. The summed E-state index contributed by atoms with van der Waals surface area (Å²) in [5, 5.41) is 6.09. The van der Waals surface area contributed by atoms with Gasteiger partial charge >= 0.3 is 0 Å². The summed E-state index contributed by atoms with van der Waals surface area (Å²) < 4.78 is 18.3. The van der Waals surface area contributed by atoms with Crippen LogP contribution in [-0.2, 0) is 6.42 Å². The van der Waals surface area contributed by atoms with Gasteiger partial charge in [0.25, 0.3) is 5.91 Å². The molecule has 2 rings (SSSR count). The summed E-state index contributed by atoms with van der Waals surface area (Å²) in [5.74, 6) is -0.380. The fourth-order valence-corrected chi connectivity index (χ4v) is 1.78. The first kappa shape index (κ1) is 12.7. The molecule has 0 fully saturated rings. The number of hydrogen-bond acceptors (Lipinski definition) is 4. The molecule has 0 aliphatic rings. The van der Waals surface area contributed by atoms with E-state index in [2.05, 4.69) is 31.4 Å². The Morgan fingerprint density at radius 2 is 2.33 bits per heavy atom. The maximum absolute atomic E-state index is 13.0. The summed E-state index contributed by atoms with van der Waals surface area (Å²) in [7, 11) is 0. The number of benzene rings is 1. The average molecular weight is 314 g/mol. The van der Waals surface area contributed by atoms with Crippen molar-refractivity contribution >= 4 is 21.8 Å². The molecule has 18 heavy (non-hydrogen) atoms. The molecule has 1 aromatic carbocycles. The smallest absolute Gasteiger partial charge is 0.252 e. The number of rotatable bonds is 4. The maximum atomic E-state index is 13.0. The van der Waals surface area contributed by atoms with Gasteiger partial charge in [0.2, 0.25) is 5.89 Å². The van der Waals surface area contributed by atoms with Crippen LogP contribution in [-0.4, -0.2) is 22.6 Å². The highest BCUT2D eigenvalue weighted by Gasteiger charge is 2.11. The van der Waals surface area contributed by atoms with Crippen molar-refractivity contribution in [3.63, 3.8) is 0 Å². The quantitative estimate of drug-likeness (QED) is 0.936. The molecule has 0 aliphatic carbocycles. The van der Waals surface area contributed by atoms with Crippen LogP contribution in [0.3, 0.4) is 0 Å². The molecule has 0 saturated carbocycles. The Bertz CT molecular complexity index is 545. The van der Waals surface area contributed by atoms with Crippen molar-refractivity contribution in [1.82, 2.24) is 15.5 Å². The monoisotopic (exact) mass is 313 g/mol. The van der Waals surface area contributed by atoms with Crippen molar-refractivity contribution in [2.75, 3.05) is 6.54 Å². The molecule has 94 valence electrons. The van der Waals surface area contributed by atoms with Crippen molar-refractivity contribution in [2.24, 2.45) is 0 Å². The van der Waals surface area contributed by atoms with Gasteiger partial charge in [0.15, 0.2) is 6.33 Å². The Hall–Kier alpha value is -1.76. The number of hydrogen-bond donors (Lipinski definition) is 1. The molecule has 0 spiro atoms. The molecule has 7 heteroatoms. The normalized spacial score (nSPS) is 10.3. The van der Waals surface area contributed by atoms with Gasteiger partial charge in [0.05, 0.1) is 5.56 Å². The van der Waals surface area contributed by atoms with Gasteiger partial charge in [-0.2, -0.15) is 4.98 Å². The van der Waals surface area contributed by atoms with E-state index in [1.807, 2.05) is 0 Å². The zero-order valence-electron chi connectivity index (χ0n) is 9.19. The van der Waals surface area contributed by atoms with Crippen molar-refractivity contribution in [2.45, 2.75) is 6.42 Å². The number of halogens is 2. The van der Waals surface area contributed by atoms with Gasteiger partial charge in [0, 0.05) is 17.4 Å². The Balaban J connectivity index is 1.93. The number of nitrogens with one attached hydrogen (secondary N) is 1. The van der Waals surface area contributed by atoms with E-state index in [0.29, 0.717) is 23.3 Å². The highest BCUT2D eigenvalue weighted by molar-refractivity contribution is 9.10. The Kier molecular flexibility index (Phi) is 4.03. The summed E-state index contributed by atoms with van der Waals surface area (Å²) in [4.78, 5) is 15.6. The number of carbonyl (C=O) groups is 1. The zero-order valence-corrected chi connectivity index (χ0v) is 10.8. The highest BCUT2D eigenvalue weighted by atomic mass is 79.9. The molecule has 1 N–H and O–H groups in total. The zero-order chi connectivity index (χ0) is 13.0. The lowest BCUT2D eigenvalue weighted by atomic mass is 10.2. The first-order valence-electron chi connectivity index (χ1n) is 5.15. The summed E-state index contributed by atoms with van der Waals surface area (Å²) in [5.41, 5.74) is 0.250. The third-order valence-corrected chi connectivity index (χ3v) is 2.90. The number of carbonyl (C=O) groups excluding carboxylic acids is 1. The van der Waals surface area contributed by atoms with Crippen molar-refractivity contribution < 1.29 is 13.7 Å². The van der Waals surface area contributed by atoms with Crippen LogP contribution in [0.25, 0.3) is 0 Å². The number of aromatic nitrogens is 2. The predicted octanol–water partition coefficient (Wildman–Crippen LogP) is 1.94. The van der Waals surface area contributed by atoms with Crippen LogP contribution in [0.2, 0.25) is 0 Å². The molecule has 0 radical (unpaired) electrons. The molecule has 0 saturated heterocycles. The van der Waals surface area contributed by atoms with Gasteiger partial charge in [-0.25, -0.2) is 4.39 Å². The molecule has 2 aromatic rings. The lowest BCUT2D eigenvalue weighted by Gasteiger charge is -2.05. The SMILES string of the molecule is O=C(NCCc1ncno1)c1cc(F)ccc1Br. The van der Waals surface area contributed by atoms with E-state index < -0.39 is 5.82 Å². The molecular formula is C11H9BrFN3O2. The molecule has 0 unspecified atom stereocenters. The highest BCUT2D eigenvalue weighted by Crippen LogP contribution is 2.17. The standard InChI is InChI=1S/C11H9BrFN3O2/c12-9-2-1-7(13)5-8(9)11(17)14-4-3-10-15-6-16-18-10/h1-2,5-6H,3-4H2,(H,14,17).